The summed E-state index contributed by atoms with van der Waals surface area (Å²) in [5.41, 5.74) is -10.8. The average molecular weight is 959 g/mol. The van der Waals surface area contributed by atoms with Gasteiger partial charge in [-0.1, -0.05) is 26.3 Å². The Hall–Kier alpha value is -5.34. The fraction of sp³-hybridized carbons (Fsp3) is 0.371. The molecule has 2 rings (SSSR count). The van der Waals surface area contributed by atoms with Gasteiger partial charge in [-0.05, 0) is 74.9 Å². The number of rotatable bonds is 15. The summed E-state index contributed by atoms with van der Waals surface area (Å²) < 4.78 is 235. The lowest BCUT2D eigenvalue weighted by Crippen LogP contribution is -2.54. The molecule has 0 bridgehead atoms. The Balaban J connectivity index is 0.000000982. The fourth-order valence-electron chi connectivity index (χ4n) is 3.51. The van der Waals surface area contributed by atoms with E-state index >= 15 is 0 Å². The topological polar surface area (TPSA) is 165 Å². The molecule has 0 aliphatic carbocycles. The quantitative estimate of drug-likeness (QED) is 0.0300. The van der Waals surface area contributed by atoms with Gasteiger partial charge in [0.1, 0.15) is 17.3 Å². The summed E-state index contributed by atoms with van der Waals surface area (Å²) in [4.78, 5) is 21.3. The highest BCUT2D eigenvalue weighted by Gasteiger charge is 2.73. The van der Waals surface area contributed by atoms with Crippen molar-refractivity contribution in [2.75, 3.05) is 20.9 Å². The van der Waals surface area contributed by atoms with Crippen LogP contribution in [0.2, 0.25) is 0 Å². The number of hydrogen-bond acceptors (Lipinski definition) is 9. The maximum absolute atomic E-state index is 13.5. The zero-order valence-corrected chi connectivity index (χ0v) is 33.7. The van der Waals surface area contributed by atoms with Crippen LogP contribution in [0.4, 0.5) is 72.8 Å². The highest BCUT2D eigenvalue weighted by molar-refractivity contribution is 7.92. The van der Waals surface area contributed by atoms with E-state index in [1.54, 1.807) is 16.4 Å². The molecule has 0 fully saturated rings. The number of esters is 2. The normalized spacial score (nSPS) is 12.6. The monoisotopic (exact) mass is 958 g/mol. The number of halogens is 14. The van der Waals surface area contributed by atoms with Crippen LogP contribution in [0.5, 0.6) is 11.5 Å². The van der Waals surface area contributed by atoms with E-state index in [1.807, 2.05) is 0 Å². The minimum atomic E-state index is -6.31. The Labute approximate surface area is 344 Å². The Bertz CT molecular complexity index is 2100. The first-order chi connectivity index (χ1) is 27.6. The standard InChI is InChI=1S/C16H16F7NO3S.C11H10F7NO3S.C8H10O3/c1-10(2)11(3)27-13-6-4-12(5-7-13)24-28(25,26)9-8-14(17,15(18,19)20)16(21,22)23;12-9(10(13,14)15,11(16,17)18)5-6-23(21,22)19-7-1-3-8(20)4-2-7;1-5(2)7(9)11-8(10)6(3)4/h4-7,24H,1,3,8-9H2,2H3;1-4,19-20H,5-6H2;1,3H2,2,4H3. The molecule has 0 aliphatic heterocycles. The van der Waals surface area contributed by atoms with Crippen LogP contribution in [0.3, 0.4) is 0 Å². The predicted molar refractivity (Wildman–Crippen MR) is 196 cm³/mol. The molecular formula is C35H36F14N2O9S2. The lowest BCUT2D eigenvalue weighted by molar-refractivity contribution is -0.342. The number of phenolic OH excluding ortho intramolecular Hbond substituents is 1. The van der Waals surface area contributed by atoms with Gasteiger partial charge in [-0.25, -0.2) is 35.2 Å². The summed E-state index contributed by atoms with van der Waals surface area (Å²) in [7, 11) is -9.37. The Morgan fingerprint density at radius 3 is 1.10 bits per heavy atom. The van der Waals surface area contributed by atoms with Gasteiger partial charge in [0.25, 0.3) is 11.3 Å². The number of carbonyl (C=O) groups excluding carboxylic acids is 2. The predicted octanol–water partition coefficient (Wildman–Crippen LogP) is 9.69. The van der Waals surface area contributed by atoms with E-state index in [0.29, 0.717) is 5.57 Å². The van der Waals surface area contributed by atoms with Gasteiger partial charge in [-0.2, -0.15) is 52.7 Å². The molecule has 0 heterocycles. The summed E-state index contributed by atoms with van der Waals surface area (Å²) in [6.07, 6.45) is -29.9. The second-order valence-electron chi connectivity index (χ2n) is 12.5. The van der Waals surface area contributed by atoms with E-state index in [9.17, 15) is 87.9 Å². The zero-order chi connectivity index (χ0) is 49.1. The summed E-state index contributed by atoms with van der Waals surface area (Å²) >= 11 is 0. The number of ether oxygens (including phenoxy) is 2. The average Bonchev–Trinajstić information content (AvgIpc) is 3.09. The van der Waals surface area contributed by atoms with Gasteiger partial charge in [-0.3, -0.25) is 9.44 Å². The number of nitrogens with one attached hydrogen (secondary N) is 2. The van der Waals surface area contributed by atoms with E-state index in [4.69, 9.17) is 9.84 Å². The molecule has 0 atom stereocenters. The first-order valence-corrected chi connectivity index (χ1v) is 19.6. The summed E-state index contributed by atoms with van der Waals surface area (Å²) in [6, 6.07) is 8.94. The smallest absolute Gasteiger partial charge is 0.431 e. The number of alkyl halides is 14. The van der Waals surface area contributed by atoms with Crippen LogP contribution in [-0.2, 0) is 34.4 Å². The van der Waals surface area contributed by atoms with Gasteiger partial charge in [0.05, 0.1) is 11.5 Å². The Morgan fingerprint density at radius 1 is 0.548 bits per heavy atom. The SMILES string of the molecule is C=C(C)C(=C)Oc1ccc(NS(=O)(=O)CCC(F)(C(F)(F)F)C(F)(F)F)cc1.C=C(C)C(=O)OC(=O)C(=C)C.O=S(=O)(CCC(F)(C(F)(F)F)C(F)(F)F)Nc1ccc(O)cc1. The van der Waals surface area contributed by atoms with Crippen LogP contribution >= 0.6 is 0 Å². The van der Waals surface area contributed by atoms with Gasteiger partial charge in [-0.15, -0.1) is 0 Å². The molecule has 0 amide bonds. The first kappa shape index (κ1) is 56.7. The minimum Gasteiger partial charge on any atom is -0.508 e. The summed E-state index contributed by atoms with van der Waals surface area (Å²) in [5, 5.41) is 8.97. The van der Waals surface area contributed by atoms with E-state index in [0.717, 1.165) is 36.4 Å². The number of anilines is 2. The molecule has 0 saturated carbocycles. The third kappa shape index (κ3) is 17.6. The number of aromatic hydroxyl groups is 1. The molecule has 3 N–H and O–H groups in total. The molecule has 11 nitrogen and oxygen atoms in total. The molecule has 2 aromatic rings. The van der Waals surface area contributed by atoms with Crippen LogP contribution in [0, 0.1) is 0 Å². The van der Waals surface area contributed by atoms with Crippen molar-refractivity contribution < 1.29 is 102 Å². The number of hydrogen-bond donors (Lipinski definition) is 3. The van der Waals surface area contributed by atoms with Gasteiger partial charge >= 0.3 is 36.6 Å². The van der Waals surface area contributed by atoms with Crippen molar-refractivity contribution in [3.8, 4) is 11.5 Å². The van der Waals surface area contributed by atoms with Crippen LogP contribution in [0.15, 0.2) is 97.3 Å². The molecule has 0 aromatic heterocycles. The molecule has 2 aromatic carbocycles. The molecule has 0 radical (unpaired) electrons. The Morgan fingerprint density at radius 2 is 0.839 bits per heavy atom. The molecular weight excluding hydrogens is 922 g/mol. The van der Waals surface area contributed by atoms with Crippen molar-refractivity contribution in [2.24, 2.45) is 0 Å². The van der Waals surface area contributed by atoms with Crippen LogP contribution in [0.25, 0.3) is 0 Å². The largest absolute Gasteiger partial charge is 0.508 e. The van der Waals surface area contributed by atoms with Crippen molar-refractivity contribution in [2.45, 2.75) is 69.7 Å². The van der Waals surface area contributed by atoms with Gasteiger partial charge in [0, 0.05) is 35.4 Å². The third-order valence-electron chi connectivity index (χ3n) is 7.10. The van der Waals surface area contributed by atoms with Crippen LogP contribution in [-0.4, -0.2) is 81.4 Å². The molecule has 0 spiro atoms. The maximum Gasteiger partial charge on any atom is 0.431 e. The van der Waals surface area contributed by atoms with Gasteiger partial charge in [0.2, 0.25) is 20.0 Å². The Kier molecular flexibility index (Phi) is 19.3. The number of carbonyl (C=O) groups is 2. The second-order valence-corrected chi connectivity index (χ2v) is 16.2. The zero-order valence-electron chi connectivity index (χ0n) is 32.1. The molecule has 62 heavy (non-hydrogen) atoms. The van der Waals surface area contributed by atoms with E-state index in [-0.39, 0.29) is 39.8 Å². The second kappa shape index (κ2) is 21.2. The number of phenols is 1. The minimum absolute atomic E-state index is 0.170. The van der Waals surface area contributed by atoms with E-state index in [1.165, 1.54) is 26.0 Å². The molecule has 350 valence electrons. The van der Waals surface area contributed by atoms with E-state index < -0.39 is 92.4 Å². The number of allylic oxidation sites excluding steroid dienone is 1. The summed E-state index contributed by atoms with van der Waals surface area (Å²) in [5.74, 6) is -4.70. The highest BCUT2D eigenvalue weighted by Crippen LogP contribution is 2.49. The summed E-state index contributed by atoms with van der Waals surface area (Å²) in [6.45, 7) is 18.3. The van der Waals surface area contributed by atoms with Crippen LogP contribution < -0.4 is 14.2 Å². The third-order valence-corrected chi connectivity index (χ3v) is 9.67. The molecule has 0 unspecified atom stereocenters. The van der Waals surface area contributed by atoms with Crippen molar-refractivity contribution in [1.29, 1.82) is 0 Å². The highest BCUT2D eigenvalue weighted by atomic mass is 32.2. The lowest BCUT2D eigenvalue weighted by atomic mass is 10.0. The van der Waals surface area contributed by atoms with Crippen molar-refractivity contribution >= 4 is 43.4 Å². The van der Waals surface area contributed by atoms with E-state index in [2.05, 4.69) is 31.1 Å². The fourth-order valence-corrected chi connectivity index (χ4v) is 5.80. The van der Waals surface area contributed by atoms with Gasteiger partial charge < -0.3 is 14.6 Å². The van der Waals surface area contributed by atoms with Gasteiger partial charge in [0.15, 0.2) is 0 Å². The molecule has 0 aliphatic rings. The number of benzene rings is 2. The van der Waals surface area contributed by atoms with Crippen molar-refractivity contribution in [3.05, 3.63) is 97.3 Å². The number of sulfonamides is 2. The molecule has 0 saturated heterocycles. The van der Waals surface area contributed by atoms with Crippen molar-refractivity contribution in [1.82, 2.24) is 0 Å². The first-order valence-electron chi connectivity index (χ1n) is 16.3. The van der Waals surface area contributed by atoms with Crippen molar-refractivity contribution in [3.63, 3.8) is 0 Å². The lowest BCUT2D eigenvalue weighted by Gasteiger charge is -2.29. The maximum atomic E-state index is 13.5. The van der Waals surface area contributed by atoms with Crippen LogP contribution in [0.1, 0.15) is 33.6 Å². The molecule has 27 heteroatoms.